The zero-order valence-corrected chi connectivity index (χ0v) is 13.6. The minimum atomic E-state index is -0.0943. The standard InChI is InChI=1S/C19H23NO3/c1-14-3-4-15(2)17(11-14)13-23-18-7-5-16(6-8-18)12-19(22)20-9-10-21/h3-8,11,21H,9-10,12-13H2,1-2H3,(H,20,22). The smallest absolute Gasteiger partial charge is 0.224 e. The van der Waals surface area contributed by atoms with Crippen LogP contribution in [0.4, 0.5) is 0 Å². The number of rotatable bonds is 7. The van der Waals surface area contributed by atoms with Crippen LogP contribution in [0.3, 0.4) is 0 Å². The molecule has 0 unspecified atom stereocenters. The van der Waals surface area contributed by atoms with E-state index in [0.29, 0.717) is 13.0 Å². The molecule has 0 aromatic heterocycles. The van der Waals surface area contributed by atoms with Gasteiger partial charge in [0.25, 0.3) is 0 Å². The Kier molecular flexibility index (Phi) is 6.18. The van der Waals surface area contributed by atoms with Crippen LogP contribution in [0.2, 0.25) is 0 Å². The van der Waals surface area contributed by atoms with Gasteiger partial charge in [0.15, 0.2) is 0 Å². The molecule has 0 bridgehead atoms. The monoisotopic (exact) mass is 313 g/mol. The highest BCUT2D eigenvalue weighted by Gasteiger charge is 2.04. The summed E-state index contributed by atoms with van der Waals surface area (Å²) in [5, 5.41) is 11.3. The number of ether oxygens (including phenoxy) is 1. The first kappa shape index (κ1) is 17.0. The second-order valence-corrected chi connectivity index (χ2v) is 5.61. The van der Waals surface area contributed by atoms with E-state index in [0.717, 1.165) is 11.3 Å². The van der Waals surface area contributed by atoms with Crippen LogP contribution < -0.4 is 10.1 Å². The average Bonchev–Trinajstić information content (AvgIpc) is 2.55. The van der Waals surface area contributed by atoms with Gasteiger partial charge in [-0.3, -0.25) is 4.79 Å². The van der Waals surface area contributed by atoms with Gasteiger partial charge in [-0.1, -0.05) is 35.9 Å². The van der Waals surface area contributed by atoms with E-state index < -0.39 is 0 Å². The second-order valence-electron chi connectivity index (χ2n) is 5.61. The Bertz CT molecular complexity index is 650. The van der Waals surface area contributed by atoms with Crippen LogP contribution in [0.25, 0.3) is 0 Å². The molecule has 0 aliphatic rings. The van der Waals surface area contributed by atoms with Crippen molar-refractivity contribution in [2.24, 2.45) is 0 Å². The van der Waals surface area contributed by atoms with E-state index in [1.54, 1.807) is 0 Å². The maximum Gasteiger partial charge on any atom is 0.224 e. The first-order valence-corrected chi connectivity index (χ1v) is 7.74. The fraction of sp³-hybridized carbons (Fsp3) is 0.316. The van der Waals surface area contributed by atoms with Crippen molar-refractivity contribution < 1.29 is 14.6 Å². The lowest BCUT2D eigenvalue weighted by Gasteiger charge is -2.10. The van der Waals surface area contributed by atoms with E-state index in [1.807, 2.05) is 24.3 Å². The SMILES string of the molecule is Cc1ccc(C)c(COc2ccc(CC(=O)NCCO)cc2)c1. The van der Waals surface area contributed by atoms with Crippen molar-refractivity contribution in [2.45, 2.75) is 26.9 Å². The minimum Gasteiger partial charge on any atom is -0.489 e. The fourth-order valence-electron chi connectivity index (χ4n) is 2.26. The third-order valence-corrected chi connectivity index (χ3v) is 3.62. The Morgan fingerprint density at radius 1 is 1.13 bits per heavy atom. The maximum absolute atomic E-state index is 11.6. The molecule has 0 radical (unpaired) electrons. The molecule has 0 heterocycles. The lowest BCUT2D eigenvalue weighted by Crippen LogP contribution is -2.27. The molecule has 2 aromatic carbocycles. The van der Waals surface area contributed by atoms with Gasteiger partial charge in [-0.05, 0) is 42.7 Å². The molecule has 1 amide bonds. The highest BCUT2D eigenvalue weighted by atomic mass is 16.5. The van der Waals surface area contributed by atoms with Crippen LogP contribution >= 0.6 is 0 Å². The number of benzene rings is 2. The third kappa shape index (κ3) is 5.42. The molecule has 4 nitrogen and oxygen atoms in total. The van der Waals surface area contributed by atoms with Crippen molar-refractivity contribution >= 4 is 5.91 Å². The number of aryl methyl sites for hydroxylation is 2. The van der Waals surface area contributed by atoms with Gasteiger partial charge in [0.1, 0.15) is 12.4 Å². The molecule has 4 heteroatoms. The van der Waals surface area contributed by atoms with Gasteiger partial charge >= 0.3 is 0 Å². The number of nitrogens with one attached hydrogen (secondary N) is 1. The molecule has 0 spiro atoms. The Labute approximate surface area is 137 Å². The zero-order chi connectivity index (χ0) is 16.7. The van der Waals surface area contributed by atoms with E-state index in [4.69, 9.17) is 9.84 Å². The topological polar surface area (TPSA) is 58.6 Å². The van der Waals surface area contributed by atoms with E-state index >= 15 is 0 Å². The minimum absolute atomic E-state index is 0.0447. The van der Waals surface area contributed by atoms with Crippen molar-refractivity contribution in [1.82, 2.24) is 5.32 Å². The maximum atomic E-state index is 11.6. The van der Waals surface area contributed by atoms with Crippen molar-refractivity contribution in [2.75, 3.05) is 13.2 Å². The third-order valence-electron chi connectivity index (χ3n) is 3.62. The van der Waals surface area contributed by atoms with Crippen molar-refractivity contribution in [3.63, 3.8) is 0 Å². The lowest BCUT2D eigenvalue weighted by molar-refractivity contribution is -0.120. The van der Waals surface area contributed by atoms with Crippen LogP contribution in [0.15, 0.2) is 42.5 Å². The highest BCUT2D eigenvalue weighted by Crippen LogP contribution is 2.17. The molecule has 0 saturated carbocycles. The van der Waals surface area contributed by atoms with E-state index in [2.05, 4.69) is 37.4 Å². The van der Waals surface area contributed by atoms with Crippen molar-refractivity contribution in [3.8, 4) is 5.75 Å². The normalized spacial score (nSPS) is 10.4. The van der Waals surface area contributed by atoms with Crippen LogP contribution in [0, 0.1) is 13.8 Å². The first-order chi connectivity index (χ1) is 11.1. The quantitative estimate of drug-likeness (QED) is 0.826. The summed E-state index contributed by atoms with van der Waals surface area (Å²) < 4.78 is 5.82. The van der Waals surface area contributed by atoms with Crippen molar-refractivity contribution in [1.29, 1.82) is 0 Å². The summed E-state index contributed by atoms with van der Waals surface area (Å²) in [4.78, 5) is 11.6. The van der Waals surface area contributed by atoms with Crippen LogP contribution in [0.5, 0.6) is 5.75 Å². The Balaban J connectivity index is 1.90. The van der Waals surface area contributed by atoms with Gasteiger partial charge in [-0.2, -0.15) is 0 Å². The predicted molar refractivity (Wildman–Crippen MR) is 90.5 cm³/mol. The van der Waals surface area contributed by atoms with E-state index in [1.165, 1.54) is 16.7 Å². The predicted octanol–water partition coefficient (Wildman–Crippen LogP) is 2.53. The van der Waals surface area contributed by atoms with Crippen LogP contribution in [0.1, 0.15) is 22.3 Å². The molecule has 0 saturated heterocycles. The van der Waals surface area contributed by atoms with Crippen LogP contribution in [-0.2, 0) is 17.8 Å². The largest absolute Gasteiger partial charge is 0.489 e. The number of carbonyl (C=O) groups excluding carboxylic acids is 1. The van der Waals surface area contributed by atoms with Gasteiger partial charge < -0.3 is 15.2 Å². The van der Waals surface area contributed by atoms with E-state index in [-0.39, 0.29) is 19.1 Å². The molecular formula is C19H23NO3. The van der Waals surface area contributed by atoms with Gasteiger partial charge in [0.2, 0.25) is 5.91 Å². The summed E-state index contributed by atoms with van der Waals surface area (Å²) in [5.41, 5.74) is 4.53. The molecule has 0 fully saturated rings. The summed E-state index contributed by atoms with van der Waals surface area (Å²) in [6.07, 6.45) is 0.303. The zero-order valence-electron chi connectivity index (χ0n) is 13.6. The summed E-state index contributed by atoms with van der Waals surface area (Å²) in [5.74, 6) is 0.688. The molecular weight excluding hydrogens is 290 g/mol. The molecule has 23 heavy (non-hydrogen) atoms. The summed E-state index contributed by atoms with van der Waals surface area (Å²) in [7, 11) is 0. The second kappa shape index (κ2) is 8.34. The molecule has 2 rings (SSSR count). The number of hydrogen-bond donors (Lipinski definition) is 2. The number of aliphatic hydroxyl groups is 1. The molecule has 0 aliphatic carbocycles. The Hall–Kier alpha value is -2.33. The van der Waals surface area contributed by atoms with Crippen LogP contribution in [-0.4, -0.2) is 24.2 Å². The lowest BCUT2D eigenvalue weighted by atomic mass is 10.1. The van der Waals surface area contributed by atoms with Gasteiger partial charge in [0.05, 0.1) is 13.0 Å². The number of carbonyl (C=O) groups is 1. The molecule has 2 aromatic rings. The van der Waals surface area contributed by atoms with Crippen molar-refractivity contribution in [3.05, 3.63) is 64.7 Å². The van der Waals surface area contributed by atoms with Gasteiger partial charge in [-0.15, -0.1) is 0 Å². The summed E-state index contributed by atoms with van der Waals surface area (Å²) in [6, 6.07) is 13.8. The molecule has 0 aliphatic heterocycles. The summed E-state index contributed by atoms with van der Waals surface area (Å²) in [6.45, 7) is 4.92. The van der Waals surface area contributed by atoms with Gasteiger partial charge in [0, 0.05) is 6.54 Å². The van der Waals surface area contributed by atoms with E-state index in [9.17, 15) is 4.79 Å². The average molecular weight is 313 g/mol. The molecule has 2 N–H and O–H groups in total. The fourth-order valence-corrected chi connectivity index (χ4v) is 2.26. The number of hydrogen-bond acceptors (Lipinski definition) is 3. The summed E-state index contributed by atoms with van der Waals surface area (Å²) >= 11 is 0. The number of aliphatic hydroxyl groups excluding tert-OH is 1. The molecule has 0 atom stereocenters. The Morgan fingerprint density at radius 2 is 1.87 bits per heavy atom. The molecule has 122 valence electrons. The first-order valence-electron chi connectivity index (χ1n) is 7.74. The number of amides is 1. The Morgan fingerprint density at radius 3 is 2.57 bits per heavy atom. The highest BCUT2D eigenvalue weighted by molar-refractivity contribution is 5.78. The van der Waals surface area contributed by atoms with Gasteiger partial charge in [-0.25, -0.2) is 0 Å².